The number of fused-ring (bicyclic) bond motifs is 1. The van der Waals surface area contributed by atoms with Crippen molar-refractivity contribution in [2.75, 3.05) is 31.5 Å². The first-order chi connectivity index (χ1) is 13.7. The summed E-state index contributed by atoms with van der Waals surface area (Å²) in [4.78, 5) is 14.5. The fourth-order valence-electron chi connectivity index (χ4n) is 4.14. The SMILES string of the molecule is NC(=O)c1cccc2ccn(-c3ccccc3NCCCN3CCCCC3)c12. The van der Waals surface area contributed by atoms with Crippen LogP contribution in [0.5, 0.6) is 0 Å². The first kappa shape index (κ1) is 18.6. The number of carbonyl (C=O) groups excluding carboxylic acids is 1. The predicted molar refractivity (Wildman–Crippen MR) is 115 cm³/mol. The predicted octanol–water partition coefficient (Wildman–Crippen LogP) is 4.02. The molecule has 1 aliphatic rings. The molecule has 0 atom stereocenters. The van der Waals surface area contributed by atoms with E-state index >= 15 is 0 Å². The molecule has 1 aromatic heterocycles. The van der Waals surface area contributed by atoms with Crippen molar-refractivity contribution in [3.8, 4) is 5.69 Å². The van der Waals surface area contributed by atoms with Gasteiger partial charge in [0.15, 0.2) is 0 Å². The van der Waals surface area contributed by atoms with E-state index in [1.54, 1.807) is 6.07 Å². The first-order valence-electron chi connectivity index (χ1n) is 10.2. The molecule has 5 nitrogen and oxygen atoms in total. The second-order valence-corrected chi connectivity index (χ2v) is 7.49. The molecule has 2 heterocycles. The fourth-order valence-corrected chi connectivity index (χ4v) is 4.14. The second kappa shape index (κ2) is 8.48. The Hall–Kier alpha value is -2.79. The number of hydrogen-bond acceptors (Lipinski definition) is 3. The molecular formula is C23H28N4O. The monoisotopic (exact) mass is 376 g/mol. The lowest BCUT2D eigenvalue weighted by atomic mass is 10.1. The number of aromatic nitrogens is 1. The minimum absolute atomic E-state index is 0.405. The molecule has 1 fully saturated rings. The lowest BCUT2D eigenvalue weighted by molar-refractivity contribution is 0.100. The van der Waals surface area contributed by atoms with E-state index in [-0.39, 0.29) is 0 Å². The summed E-state index contributed by atoms with van der Waals surface area (Å²) < 4.78 is 2.06. The Morgan fingerprint density at radius 2 is 1.82 bits per heavy atom. The van der Waals surface area contributed by atoms with Gasteiger partial charge in [-0.2, -0.15) is 0 Å². The Balaban J connectivity index is 1.53. The van der Waals surface area contributed by atoms with Gasteiger partial charge >= 0.3 is 0 Å². The van der Waals surface area contributed by atoms with Crippen molar-refractivity contribution in [2.24, 2.45) is 5.73 Å². The van der Waals surface area contributed by atoms with Crippen molar-refractivity contribution in [1.82, 2.24) is 9.47 Å². The van der Waals surface area contributed by atoms with Gasteiger partial charge in [-0.05, 0) is 63.2 Å². The number of nitrogens with zero attached hydrogens (tertiary/aromatic N) is 2. The number of anilines is 1. The molecule has 5 heteroatoms. The zero-order valence-electron chi connectivity index (χ0n) is 16.2. The molecule has 146 valence electrons. The van der Waals surface area contributed by atoms with Crippen molar-refractivity contribution >= 4 is 22.5 Å². The van der Waals surface area contributed by atoms with E-state index in [0.29, 0.717) is 5.56 Å². The molecule has 0 unspecified atom stereocenters. The molecule has 3 aromatic rings. The van der Waals surface area contributed by atoms with Crippen LogP contribution in [-0.2, 0) is 0 Å². The van der Waals surface area contributed by atoms with E-state index in [4.69, 9.17) is 5.73 Å². The van der Waals surface area contributed by atoms with Crippen molar-refractivity contribution in [1.29, 1.82) is 0 Å². The average molecular weight is 377 g/mol. The smallest absolute Gasteiger partial charge is 0.250 e. The van der Waals surface area contributed by atoms with Crippen LogP contribution in [-0.4, -0.2) is 41.6 Å². The van der Waals surface area contributed by atoms with Crippen molar-refractivity contribution < 1.29 is 4.79 Å². The molecule has 0 spiro atoms. The number of carbonyl (C=O) groups is 1. The van der Waals surface area contributed by atoms with Crippen LogP contribution in [0.15, 0.2) is 54.7 Å². The first-order valence-corrected chi connectivity index (χ1v) is 10.2. The molecule has 28 heavy (non-hydrogen) atoms. The van der Waals surface area contributed by atoms with E-state index in [0.717, 1.165) is 41.8 Å². The van der Waals surface area contributed by atoms with Gasteiger partial charge < -0.3 is 20.5 Å². The quantitative estimate of drug-likeness (QED) is 0.612. The van der Waals surface area contributed by atoms with E-state index in [9.17, 15) is 4.79 Å². The highest BCUT2D eigenvalue weighted by molar-refractivity contribution is 6.05. The van der Waals surface area contributed by atoms with Gasteiger partial charge in [-0.25, -0.2) is 0 Å². The van der Waals surface area contributed by atoms with E-state index in [1.807, 2.05) is 36.5 Å². The highest BCUT2D eigenvalue weighted by Crippen LogP contribution is 2.28. The zero-order valence-corrected chi connectivity index (χ0v) is 16.2. The van der Waals surface area contributed by atoms with E-state index in [1.165, 1.54) is 32.4 Å². The van der Waals surface area contributed by atoms with Crippen LogP contribution in [0.4, 0.5) is 5.69 Å². The standard InChI is InChI=1S/C23H28N4O/c24-23(28)19-9-6-8-18-12-17-27(22(18)19)21-11-3-2-10-20(21)25-13-7-16-26-14-4-1-5-15-26/h2-3,6,8-12,17,25H,1,4-5,7,13-16H2,(H2,24,28). The maximum absolute atomic E-state index is 11.9. The number of nitrogens with one attached hydrogen (secondary N) is 1. The van der Waals surface area contributed by atoms with Crippen LogP contribution < -0.4 is 11.1 Å². The molecule has 0 bridgehead atoms. The summed E-state index contributed by atoms with van der Waals surface area (Å²) in [7, 11) is 0. The number of para-hydroxylation sites is 3. The van der Waals surface area contributed by atoms with Crippen LogP contribution in [0.1, 0.15) is 36.0 Å². The Bertz CT molecular complexity index is 956. The lowest BCUT2D eigenvalue weighted by Gasteiger charge is -2.26. The number of benzene rings is 2. The molecule has 1 amide bonds. The number of primary amides is 1. The highest BCUT2D eigenvalue weighted by atomic mass is 16.1. The van der Waals surface area contributed by atoms with Crippen LogP contribution in [0.2, 0.25) is 0 Å². The van der Waals surface area contributed by atoms with Crippen LogP contribution >= 0.6 is 0 Å². The van der Waals surface area contributed by atoms with Gasteiger partial charge in [-0.1, -0.05) is 30.7 Å². The largest absolute Gasteiger partial charge is 0.383 e. The normalized spacial score (nSPS) is 15.0. The lowest BCUT2D eigenvalue weighted by Crippen LogP contribution is -2.31. The van der Waals surface area contributed by atoms with Gasteiger partial charge in [-0.15, -0.1) is 0 Å². The summed E-state index contributed by atoms with van der Waals surface area (Å²) in [6.45, 7) is 4.55. The summed E-state index contributed by atoms with van der Waals surface area (Å²) in [5, 5.41) is 4.60. The highest BCUT2D eigenvalue weighted by Gasteiger charge is 2.14. The summed E-state index contributed by atoms with van der Waals surface area (Å²) >= 11 is 0. The van der Waals surface area contributed by atoms with Gasteiger partial charge in [0, 0.05) is 18.1 Å². The number of amides is 1. The summed E-state index contributed by atoms with van der Waals surface area (Å²) in [6, 6.07) is 15.9. The topological polar surface area (TPSA) is 63.3 Å². The van der Waals surface area contributed by atoms with Crippen molar-refractivity contribution in [2.45, 2.75) is 25.7 Å². The Labute approximate surface area is 166 Å². The summed E-state index contributed by atoms with van der Waals surface area (Å²) in [6.07, 6.45) is 7.16. The Kier molecular flexibility index (Phi) is 5.63. The third kappa shape index (κ3) is 3.90. The van der Waals surface area contributed by atoms with E-state index in [2.05, 4.69) is 26.9 Å². The molecular weight excluding hydrogens is 348 g/mol. The fraction of sp³-hybridized carbons (Fsp3) is 0.348. The van der Waals surface area contributed by atoms with Crippen LogP contribution in [0.25, 0.3) is 16.6 Å². The molecule has 0 radical (unpaired) electrons. The summed E-state index contributed by atoms with van der Waals surface area (Å²) in [5.74, 6) is -0.405. The molecule has 1 aliphatic heterocycles. The molecule has 0 aliphatic carbocycles. The summed E-state index contributed by atoms with van der Waals surface area (Å²) in [5.41, 5.74) is 9.12. The van der Waals surface area contributed by atoms with Crippen LogP contribution in [0.3, 0.4) is 0 Å². The Morgan fingerprint density at radius 1 is 1.00 bits per heavy atom. The maximum atomic E-state index is 11.9. The molecule has 1 saturated heterocycles. The zero-order chi connectivity index (χ0) is 19.3. The third-order valence-corrected chi connectivity index (χ3v) is 5.56. The molecule has 0 saturated carbocycles. The third-order valence-electron chi connectivity index (χ3n) is 5.56. The van der Waals surface area contributed by atoms with Gasteiger partial charge in [0.2, 0.25) is 0 Å². The number of piperidine rings is 1. The minimum atomic E-state index is -0.405. The molecule has 3 N–H and O–H groups in total. The molecule has 4 rings (SSSR count). The van der Waals surface area contributed by atoms with Crippen molar-refractivity contribution in [3.63, 3.8) is 0 Å². The molecule has 2 aromatic carbocycles. The number of rotatable bonds is 7. The van der Waals surface area contributed by atoms with Crippen molar-refractivity contribution in [3.05, 3.63) is 60.3 Å². The maximum Gasteiger partial charge on any atom is 0.250 e. The minimum Gasteiger partial charge on any atom is -0.383 e. The van der Waals surface area contributed by atoms with Gasteiger partial charge in [0.25, 0.3) is 5.91 Å². The second-order valence-electron chi connectivity index (χ2n) is 7.49. The van der Waals surface area contributed by atoms with Gasteiger partial charge in [-0.3, -0.25) is 4.79 Å². The average Bonchev–Trinajstić information content (AvgIpc) is 3.16. The van der Waals surface area contributed by atoms with E-state index < -0.39 is 5.91 Å². The van der Waals surface area contributed by atoms with Gasteiger partial charge in [0.1, 0.15) is 0 Å². The number of hydrogen-bond donors (Lipinski definition) is 2. The van der Waals surface area contributed by atoms with Crippen LogP contribution in [0, 0.1) is 0 Å². The number of nitrogens with two attached hydrogens (primary N) is 1. The number of likely N-dealkylation sites (tertiary alicyclic amines) is 1. The Morgan fingerprint density at radius 3 is 2.64 bits per heavy atom. The van der Waals surface area contributed by atoms with Gasteiger partial charge in [0.05, 0.1) is 22.5 Å².